The zero-order valence-electron chi connectivity index (χ0n) is 13.4. The van der Waals surface area contributed by atoms with E-state index < -0.39 is 0 Å². The van der Waals surface area contributed by atoms with E-state index in [0.717, 1.165) is 37.7 Å². The summed E-state index contributed by atoms with van der Waals surface area (Å²) in [7, 11) is 0. The topological polar surface area (TPSA) is 76.8 Å². The summed E-state index contributed by atoms with van der Waals surface area (Å²) in [5.74, 6) is 0.365. The molecule has 1 aliphatic rings. The minimum Gasteiger partial charge on any atom is -0.484 e. The van der Waals surface area contributed by atoms with Crippen LogP contribution in [0.3, 0.4) is 0 Å². The number of benzene rings is 2. The van der Waals surface area contributed by atoms with Gasteiger partial charge in [-0.2, -0.15) is 0 Å². The third-order valence-electron chi connectivity index (χ3n) is 3.76. The Bertz CT molecular complexity index is 682. The molecule has 3 rings (SSSR count). The second kappa shape index (κ2) is 7.70. The molecule has 2 aromatic carbocycles. The van der Waals surface area contributed by atoms with Gasteiger partial charge in [0, 0.05) is 36.2 Å². The lowest BCUT2D eigenvalue weighted by Gasteiger charge is -2.28. The molecule has 1 heterocycles. The Morgan fingerprint density at radius 1 is 1.17 bits per heavy atom. The molecule has 1 aliphatic heterocycles. The number of nitrogens with one attached hydrogen (secondary N) is 1. The van der Waals surface area contributed by atoms with Crippen LogP contribution < -0.4 is 20.7 Å². The van der Waals surface area contributed by atoms with Crippen molar-refractivity contribution in [3.8, 4) is 5.75 Å². The molecule has 0 atom stereocenters. The maximum atomic E-state index is 12.0. The zero-order valence-corrected chi connectivity index (χ0v) is 13.4. The van der Waals surface area contributed by atoms with Crippen molar-refractivity contribution in [3.63, 3.8) is 0 Å². The fourth-order valence-electron chi connectivity index (χ4n) is 2.53. The van der Waals surface area contributed by atoms with E-state index in [2.05, 4.69) is 10.2 Å². The number of rotatable bonds is 5. The third-order valence-corrected chi connectivity index (χ3v) is 3.76. The van der Waals surface area contributed by atoms with Crippen molar-refractivity contribution in [3.05, 3.63) is 48.5 Å². The van der Waals surface area contributed by atoms with Crippen LogP contribution in [0.2, 0.25) is 0 Å². The molecule has 2 aromatic rings. The van der Waals surface area contributed by atoms with Gasteiger partial charge in [-0.1, -0.05) is 6.07 Å². The molecule has 0 saturated carbocycles. The highest BCUT2D eigenvalue weighted by molar-refractivity contribution is 5.92. The normalized spacial score (nSPS) is 14.2. The Balaban J connectivity index is 1.50. The van der Waals surface area contributed by atoms with Crippen LogP contribution in [0.15, 0.2) is 48.5 Å². The molecular formula is C18H21N3O3. The molecular weight excluding hydrogens is 306 g/mol. The minimum absolute atomic E-state index is 0.0608. The van der Waals surface area contributed by atoms with Crippen LogP contribution in [0.4, 0.5) is 17.1 Å². The number of ether oxygens (including phenoxy) is 2. The number of hydrogen-bond donors (Lipinski definition) is 2. The fraction of sp³-hybridized carbons (Fsp3) is 0.278. The van der Waals surface area contributed by atoms with Crippen molar-refractivity contribution in [1.29, 1.82) is 0 Å². The van der Waals surface area contributed by atoms with E-state index in [9.17, 15) is 4.79 Å². The second-order valence-corrected chi connectivity index (χ2v) is 5.56. The third kappa shape index (κ3) is 4.39. The van der Waals surface area contributed by atoms with Gasteiger partial charge in [-0.15, -0.1) is 0 Å². The number of nitrogens with two attached hydrogens (primary N) is 1. The Labute approximate surface area is 141 Å². The van der Waals surface area contributed by atoms with Gasteiger partial charge in [-0.3, -0.25) is 4.79 Å². The number of carbonyl (C=O) groups is 1. The largest absolute Gasteiger partial charge is 0.484 e. The van der Waals surface area contributed by atoms with Gasteiger partial charge in [-0.25, -0.2) is 0 Å². The Kier molecular flexibility index (Phi) is 5.18. The van der Waals surface area contributed by atoms with Gasteiger partial charge in [0.2, 0.25) is 0 Å². The number of nitrogen functional groups attached to an aromatic ring is 1. The minimum atomic E-state index is -0.212. The molecule has 0 spiro atoms. The van der Waals surface area contributed by atoms with Gasteiger partial charge in [0.1, 0.15) is 5.75 Å². The molecule has 126 valence electrons. The molecule has 6 nitrogen and oxygen atoms in total. The predicted molar refractivity (Wildman–Crippen MR) is 94.5 cm³/mol. The maximum Gasteiger partial charge on any atom is 0.262 e. The Morgan fingerprint density at radius 2 is 1.92 bits per heavy atom. The molecule has 0 unspecified atom stereocenters. The predicted octanol–water partition coefficient (Wildman–Crippen LogP) is 2.12. The van der Waals surface area contributed by atoms with Crippen LogP contribution in [0.5, 0.6) is 5.75 Å². The van der Waals surface area contributed by atoms with Crippen molar-refractivity contribution < 1.29 is 14.3 Å². The lowest BCUT2D eigenvalue weighted by atomic mass is 10.2. The van der Waals surface area contributed by atoms with Crippen LogP contribution >= 0.6 is 0 Å². The van der Waals surface area contributed by atoms with Crippen LogP contribution in [0, 0.1) is 0 Å². The summed E-state index contributed by atoms with van der Waals surface area (Å²) in [5.41, 5.74) is 8.15. The summed E-state index contributed by atoms with van der Waals surface area (Å²) in [5, 5.41) is 2.82. The molecule has 0 aromatic heterocycles. The smallest absolute Gasteiger partial charge is 0.262 e. The average Bonchev–Trinajstić information content (AvgIpc) is 2.61. The highest BCUT2D eigenvalue weighted by Crippen LogP contribution is 2.19. The van der Waals surface area contributed by atoms with Crippen LogP contribution in [0.1, 0.15) is 0 Å². The molecule has 0 radical (unpaired) electrons. The van der Waals surface area contributed by atoms with Gasteiger partial charge in [0.25, 0.3) is 5.91 Å². The first-order valence-electron chi connectivity index (χ1n) is 7.92. The van der Waals surface area contributed by atoms with E-state index in [0.29, 0.717) is 11.4 Å². The van der Waals surface area contributed by atoms with Crippen molar-refractivity contribution in [2.24, 2.45) is 0 Å². The number of morpholine rings is 1. The van der Waals surface area contributed by atoms with Crippen molar-refractivity contribution in [1.82, 2.24) is 0 Å². The highest BCUT2D eigenvalue weighted by Gasteiger charge is 2.11. The second-order valence-electron chi connectivity index (χ2n) is 5.56. The summed E-state index contributed by atoms with van der Waals surface area (Å²) in [4.78, 5) is 14.2. The quantitative estimate of drug-likeness (QED) is 0.823. The number of hydrogen-bond acceptors (Lipinski definition) is 5. The molecule has 24 heavy (non-hydrogen) atoms. The van der Waals surface area contributed by atoms with Gasteiger partial charge in [-0.05, 0) is 36.4 Å². The van der Waals surface area contributed by atoms with Crippen molar-refractivity contribution in [2.45, 2.75) is 0 Å². The molecule has 6 heteroatoms. The van der Waals surface area contributed by atoms with E-state index >= 15 is 0 Å². The van der Waals surface area contributed by atoms with E-state index in [1.165, 1.54) is 0 Å². The molecule has 1 saturated heterocycles. The van der Waals surface area contributed by atoms with E-state index in [-0.39, 0.29) is 12.5 Å². The van der Waals surface area contributed by atoms with E-state index in [1.54, 1.807) is 24.3 Å². The number of amides is 1. The first-order valence-corrected chi connectivity index (χ1v) is 7.92. The highest BCUT2D eigenvalue weighted by atomic mass is 16.5. The molecule has 1 amide bonds. The number of nitrogens with zero attached hydrogens (tertiary/aromatic N) is 1. The summed E-state index contributed by atoms with van der Waals surface area (Å²) < 4.78 is 10.8. The monoisotopic (exact) mass is 327 g/mol. The van der Waals surface area contributed by atoms with Crippen molar-refractivity contribution in [2.75, 3.05) is 48.9 Å². The molecule has 0 bridgehead atoms. The van der Waals surface area contributed by atoms with Crippen LogP contribution in [0.25, 0.3) is 0 Å². The van der Waals surface area contributed by atoms with Gasteiger partial charge < -0.3 is 25.4 Å². The molecule has 0 aliphatic carbocycles. The Morgan fingerprint density at radius 3 is 2.62 bits per heavy atom. The van der Waals surface area contributed by atoms with Gasteiger partial charge in [0.05, 0.1) is 13.2 Å². The van der Waals surface area contributed by atoms with Crippen LogP contribution in [-0.4, -0.2) is 38.8 Å². The first-order chi connectivity index (χ1) is 11.7. The Hall–Kier alpha value is -2.73. The number of carbonyl (C=O) groups excluding carboxylic acids is 1. The lowest BCUT2D eigenvalue weighted by molar-refractivity contribution is -0.118. The fourth-order valence-corrected chi connectivity index (χ4v) is 2.53. The van der Waals surface area contributed by atoms with E-state index in [1.807, 2.05) is 24.3 Å². The maximum absolute atomic E-state index is 12.0. The van der Waals surface area contributed by atoms with E-state index in [4.69, 9.17) is 15.2 Å². The summed E-state index contributed by atoms with van der Waals surface area (Å²) in [6, 6.07) is 14.8. The molecule has 3 N–H and O–H groups in total. The molecule has 1 fully saturated rings. The van der Waals surface area contributed by atoms with Crippen molar-refractivity contribution >= 4 is 23.0 Å². The average molecular weight is 327 g/mol. The summed E-state index contributed by atoms with van der Waals surface area (Å²) >= 11 is 0. The van der Waals surface area contributed by atoms with Gasteiger partial charge >= 0.3 is 0 Å². The van der Waals surface area contributed by atoms with Gasteiger partial charge in [0.15, 0.2) is 6.61 Å². The lowest BCUT2D eigenvalue weighted by Crippen LogP contribution is -2.36. The number of anilines is 3. The van der Waals surface area contributed by atoms with Crippen LogP contribution in [-0.2, 0) is 9.53 Å². The standard InChI is InChI=1S/C18H21N3O3/c19-14-2-1-3-17(12-14)24-13-18(22)20-15-4-6-16(7-5-15)21-8-10-23-11-9-21/h1-7,12H,8-11,13,19H2,(H,20,22). The SMILES string of the molecule is Nc1cccc(OCC(=O)Nc2ccc(N3CCOCC3)cc2)c1. The summed E-state index contributed by atoms with van der Waals surface area (Å²) in [6.07, 6.45) is 0. The zero-order chi connectivity index (χ0) is 16.8. The summed E-state index contributed by atoms with van der Waals surface area (Å²) in [6.45, 7) is 3.22. The first kappa shape index (κ1) is 16.1.